The first-order valence-corrected chi connectivity index (χ1v) is 12.1. The number of carbonyl (C=O) groups is 1. The molecule has 0 bridgehead atoms. The van der Waals surface area contributed by atoms with Crippen molar-refractivity contribution in [1.29, 1.82) is 0 Å². The van der Waals surface area contributed by atoms with Crippen molar-refractivity contribution in [3.63, 3.8) is 0 Å². The van der Waals surface area contributed by atoms with Gasteiger partial charge in [-0.3, -0.25) is 4.79 Å². The van der Waals surface area contributed by atoms with Crippen LogP contribution in [0.1, 0.15) is 48.0 Å². The number of pyridine rings is 1. The Kier molecular flexibility index (Phi) is 8.47. The van der Waals surface area contributed by atoms with Crippen LogP contribution in [0.25, 0.3) is 12.2 Å². The molecule has 0 radical (unpaired) electrons. The average Bonchev–Trinajstić information content (AvgIpc) is 2.79. The third-order valence-corrected chi connectivity index (χ3v) is 5.84. The average molecular weight is 513 g/mol. The topological polar surface area (TPSA) is 51.5 Å². The van der Waals surface area contributed by atoms with Crippen LogP contribution in [0.5, 0.6) is 0 Å². The molecule has 1 aromatic heterocycles. The van der Waals surface area contributed by atoms with E-state index in [1.807, 2.05) is 82.3 Å². The number of nitrogens with zero attached hydrogens (tertiary/aromatic N) is 2. The van der Waals surface area contributed by atoms with Crippen molar-refractivity contribution in [1.82, 2.24) is 4.57 Å². The Bertz CT molecular complexity index is 1290. The predicted molar refractivity (Wildman–Crippen MR) is 146 cm³/mol. The Labute approximate surface area is 216 Å². The molecule has 3 aromatic rings. The van der Waals surface area contributed by atoms with Gasteiger partial charge in [-0.05, 0) is 74.7 Å². The summed E-state index contributed by atoms with van der Waals surface area (Å²) in [5.74, 6) is -0.368. The van der Waals surface area contributed by atoms with E-state index >= 15 is 0 Å². The lowest BCUT2D eigenvalue weighted by Gasteiger charge is -2.19. The van der Waals surface area contributed by atoms with E-state index in [0.29, 0.717) is 29.2 Å². The Hall–Kier alpha value is -3.02. The van der Waals surface area contributed by atoms with E-state index in [1.54, 1.807) is 16.7 Å². The Morgan fingerprint density at radius 2 is 1.69 bits per heavy atom. The Balaban J connectivity index is 1.83. The molecule has 5 nitrogen and oxygen atoms in total. The van der Waals surface area contributed by atoms with Gasteiger partial charge < -0.3 is 14.2 Å². The van der Waals surface area contributed by atoms with Crippen molar-refractivity contribution < 1.29 is 9.53 Å². The Morgan fingerprint density at radius 3 is 2.31 bits per heavy atom. The zero-order chi connectivity index (χ0) is 25.8. The summed E-state index contributed by atoms with van der Waals surface area (Å²) in [5, 5.41) is 0.469. The van der Waals surface area contributed by atoms with Crippen LogP contribution in [0.4, 0.5) is 5.69 Å². The second-order valence-corrected chi connectivity index (χ2v) is 10.3. The number of carbonyl (C=O) groups excluding carboxylic acids is 1. The molecule has 0 spiro atoms. The van der Waals surface area contributed by atoms with Gasteiger partial charge in [-0.1, -0.05) is 53.5 Å². The van der Waals surface area contributed by atoms with Crippen molar-refractivity contribution in [2.45, 2.75) is 39.3 Å². The van der Waals surface area contributed by atoms with Crippen LogP contribution >= 0.6 is 23.2 Å². The molecule has 2 aromatic carbocycles. The number of anilines is 1. The Morgan fingerprint density at radius 1 is 1.00 bits per heavy atom. The maximum Gasteiger partial charge on any atom is 0.338 e. The van der Waals surface area contributed by atoms with Gasteiger partial charge in [-0.15, -0.1) is 0 Å². The number of aromatic nitrogens is 1. The highest BCUT2D eigenvalue weighted by molar-refractivity contribution is 6.35. The monoisotopic (exact) mass is 512 g/mol. The minimum atomic E-state index is -0.555. The van der Waals surface area contributed by atoms with E-state index in [9.17, 15) is 9.59 Å². The molecule has 0 aliphatic carbocycles. The number of halogens is 2. The van der Waals surface area contributed by atoms with E-state index in [1.165, 1.54) is 6.07 Å². The first-order valence-electron chi connectivity index (χ1n) is 11.3. The zero-order valence-electron chi connectivity index (χ0n) is 20.6. The third kappa shape index (κ3) is 7.23. The molecule has 184 valence electrons. The van der Waals surface area contributed by atoms with Crippen LogP contribution in [0.15, 0.2) is 59.4 Å². The quantitative estimate of drug-likeness (QED) is 0.335. The highest BCUT2D eigenvalue weighted by Gasteiger charge is 2.18. The van der Waals surface area contributed by atoms with Gasteiger partial charge in [0.05, 0.1) is 16.3 Å². The number of aryl methyl sites for hydroxylation is 1. The molecule has 0 fully saturated rings. The fourth-order valence-corrected chi connectivity index (χ4v) is 4.01. The third-order valence-electron chi connectivity index (χ3n) is 5.27. The van der Waals surface area contributed by atoms with E-state index in [-0.39, 0.29) is 16.6 Å². The van der Waals surface area contributed by atoms with Crippen LogP contribution in [0, 0.1) is 0 Å². The molecule has 7 heteroatoms. The minimum Gasteiger partial charge on any atom is -0.456 e. The van der Waals surface area contributed by atoms with Crippen LogP contribution in [-0.2, 0) is 17.7 Å². The summed E-state index contributed by atoms with van der Waals surface area (Å²) in [6, 6.07) is 16.7. The summed E-state index contributed by atoms with van der Waals surface area (Å²) in [6.45, 7) is 5.87. The number of hydrogen-bond donors (Lipinski definition) is 0. The minimum absolute atomic E-state index is 0.0713. The summed E-state index contributed by atoms with van der Waals surface area (Å²) in [7, 11) is 3.97. The summed E-state index contributed by atoms with van der Waals surface area (Å²) in [6.07, 6.45) is 4.32. The second kappa shape index (κ2) is 11.1. The van der Waals surface area contributed by atoms with Gasteiger partial charge in [0.15, 0.2) is 0 Å². The van der Waals surface area contributed by atoms with E-state index in [2.05, 4.69) is 6.07 Å². The zero-order valence-corrected chi connectivity index (χ0v) is 22.2. The maximum atomic E-state index is 12.9. The van der Waals surface area contributed by atoms with Crippen LogP contribution in [0.2, 0.25) is 10.0 Å². The number of hydrogen-bond acceptors (Lipinski definition) is 4. The van der Waals surface area contributed by atoms with Gasteiger partial charge in [0, 0.05) is 26.3 Å². The second-order valence-electron chi connectivity index (χ2n) is 9.45. The molecule has 0 saturated heterocycles. The molecule has 35 heavy (non-hydrogen) atoms. The standard InChI is InChI=1S/C28H30Cl2N2O3/c1-28(2,3)35-27(34)21-12-9-19(10-13-21)15-16-32-25(23(29)18-24(30)26(32)33)14-11-20-7-6-8-22(17-20)31(4)5/h6-14,17-18H,15-16H2,1-5H3/b14-11+. The van der Waals surface area contributed by atoms with Crippen LogP contribution in [-0.4, -0.2) is 30.2 Å². The van der Waals surface area contributed by atoms with Gasteiger partial charge in [0.1, 0.15) is 10.6 Å². The lowest BCUT2D eigenvalue weighted by molar-refractivity contribution is 0.00695. The molecule has 3 rings (SSSR count). The van der Waals surface area contributed by atoms with Crippen molar-refractivity contribution >= 4 is 47.0 Å². The van der Waals surface area contributed by atoms with Crippen molar-refractivity contribution in [3.8, 4) is 0 Å². The van der Waals surface area contributed by atoms with Gasteiger partial charge in [-0.2, -0.15) is 0 Å². The lowest BCUT2D eigenvalue weighted by atomic mass is 10.1. The van der Waals surface area contributed by atoms with Crippen LogP contribution < -0.4 is 10.5 Å². The van der Waals surface area contributed by atoms with Gasteiger partial charge in [0.2, 0.25) is 0 Å². The highest BCUT2D eigenvalue weighted by Crippen LogP contribution is 2.22. The number of rotatable bonds is 7. The molecule has 1 heterocycles. The first kappa shape index (κ1) is 26.6. The maximum absolute atomic E-state index is 12.9. The molecule has 0 N–H and O–H groups in total. The molecule has 0 saturated carbocycles. The summed E-state index contributed by atoms with van der Waals surface area (Å²) in [4.78, 5) is 27.1. The molecule has 0 aliphatic heterocycles. The van der Waals surface area contributed by atoms with Crippen molar-refractivity contribution in [2.24, 2.45) is 0 Å². The summed E-state index contributed by atoms with van der Waals surface area (Å²) < 4.78 is 6.99. The smallest absolute Gasteiger partial charge is 0.338 e. The summed E-state index contributed by atoms with van der Waals surface area (Å²) in [5.41, 5.74) is 3.23. The molecular formula is C28H30Cl2N2O3. The fraction of sp³-hybridized carbons (Fsp3) is 0.286. The normalized spacial score (nSPS) is 11.6. The largest absolute Gasteiger partial charge is 0.456 e. The van der Waals surface area contributed by atoms with E-state index < -0.39 is 5.60 Å². The first-order chi connectivity index (χ1) is 16.4. The molecular weight excluding hydrogens is 483 g/mol. The summed E-state index contributed by atoms with van der Waals surface area (Å²) >= 11 is 12.6. The van der Waals surface area contributed by atoms with Crippen LogP contribution in [0.3, 0.4) is 0 Å². The van der Waals surface area contributed by atoms with E-state index in [0.717, 1.165) is 16.8 Å². The lowest BCUT2D eigenvalue weighted by Crippen LogP contribution is -2.24. The molecule has 0 aliphatic rings. The van der Waals surface area contributed by atoms with Crippen molar-refractivity contribution in [3.05, 3.63) is 97.4 Å². The molecule has 0 unspecified atom stereocenters. The number of ether oxygens (including phenoxy) is 1. The van der Waals surface area contributed by atoms with Gasteiger partial charge >= 0.3 is 5.97 Å². The number of esters is 1. The highest BCUT2D eigenvalue weighted by atomic mass is 35.5. The predicted octanol–water partition coefficient (Wildman–Crippen LogP) is 6.59. The number of benzene rings is 2. The van der Waals surface area contributed by atoms with Gasteiger partial charge in [-0.25, -0.2) is 4.79 Å². The SMILES string of the molecule is CN(C)c1cccc(/C=C/c2c(Cl)cc(Cl)c(=O)n2CCc2ccc(C(=O)OC(C)(C)C)cc2)c1. The fourth-order valence-electron chi connectivity index (χ4n) is 3.47. The molecule has 0 amide bonds. The van der Waals surface area contributed by atoms with Gasteiger partial charge in [0.25, 0.3) is 5.56 Å². The molecule has 0 atom stereocenters. The van der Waals surface area contributed by atoms with E-state index in [4.69, 9.17) is 27.9 Å². The van der Waals surface area contributed by atoms with Crippen molar-refractivity contribution in [2.75, 3.05) is 19.0 Å².